The van der Waals surface area contributed by atoms with Gasteiger partial charge in [0.25, 0.3) is 5.91 Å². The molecule has 4 aromatic rings. The third kappa shape index (κ3) is 4.74. The van der Waals surface area contributed by atoms with Crippen LogP contribution in [0.4, 0.5) is 5.69 Å². The van der Waals surface area contributed by atoms with Crippen molar-refractivity contribution in [3.63, 3.8) is 0 Å². The first kappa shape index (κ1) is 21.6. The van der Waals surface area contributed by atoms with Crippen molar-refractivity contribution in [3.05, 3.63) is 71.1 Å². The number of aromatic nitrogens is 1. The van der Waals surface area contributed by atoms with Crippen LogP contribution in [0, 0.1) is 0 Å². The molecule has 1 saturated heterocycles. The molecule has 2 aromatic heterocycles. The van der Waals surface area contributed by atoms with E-state index in [1.54, 1.807) is 11.3 Å². The highest BCUT2D eigenvalue weighted by atomic mass is 32.1. The number of carbonyl (C=O) groups excluding carboxylic acids is 1. The maximum atomic E-state index is 12.7. The second-order valence-electron chi connectivity index (χ2n) is 8.28. The van der Waals surface area contributed by atoms with Crippen LogP contribution >= 0.6 is 11.3 Å². The highest BCUT2D eigenvalue weighted by Crippen LogP contribution is 2.26. The Morgan fingerprint density at radius 3 is 2.58 bits per heavy atom. The maximum absolute atomic E-state index is 12.7. The Bertz CT molecular complexity index is 1210. The lowest BCUT2D eigenvalue weighted by Gasteiger charge is -2.36. The average Bonchev–Trinajstić information content (AvgIpc) is 3.54. The van der Waals surface area contributed by atoms with Crippen LogP contribution in [0.25, 0.3) is 22.0 Å². The minimum Gasteiger partial charge on any atom is -0.484 e. The Morgan fingerprint density at radius 1 is 1.03 bits per heavy atom. The van der Waals surface area contributed by atoms with Crippen LogP contribution in [0.15, 0.2) is 65.5 Å². The lowest BCUT2D eigenvalue weighted by atomic mass is 10.1. The van der Waals surface area contributed by atoms with Gasteiger partial charge in [-0.25, -0.2) is 0 Å². The van der Waals surface area contributed by atoms with Crippen molar-refractivity contribution in [2.45, 2.75) is 6.42 Å². The van der Waals surface area contributed by atoms with Crippen molar-refractivity contribution < 1.29 is 9.53 Å². The van der Waals surface area contributed by atoms with Gasteiger partial charge in [-0.2, -0.15) is 11.3 Å². The van der Waals surface area contributed by atoms with Crippen LogP contribution in [0.3, 0.4) is 0 Å². The molecular weight excluding hydrogens is 432 g/mol. The van der Waals surface area contributed by atoms with E-state index < -0.39 is 0 Å². The number of thiophene rings is 1. The van der Waals surface area contributed by atoms with E-state index in [-0.39, 0.29) is 12.5 Å². The highest BCUT2D eigenvalue weighted by molar-refractivity contribution is 7.08. The van der Waals surface area contributed by atoms with Crippen molar-refractivity contribution >= 4 is 33.8 Å². The topological polar surface area (TPSA) is 74.6 Å². The summed E-state index contributed by atoms with van der Waals surface area (Å²) in [7, 11) is 0. The SMILES string of the molecule is NCCc1c[nH]c2ccc(OCC(=O)N3CCN(c4ccc(-c5ccsc5)cc4)CC3)cc12. The molecule has 1 aliphatic heterocycles. The van der Waals surface area contributed by atoms with Gasteiger partial charge in [-0.3, -0.25) is 4.79 Å². The van der Waals surface area contributed by atoms with Crippen LogP contribution in [-0.4, -0.2) is 55.1 Å². The molecule has 0 bridgehead atoms. The van der Waals surface area contributed by atoms with E-state index in [0.29, 0.717) is 25.4 Å². The summed E-state index contributed by atoms with van der Waals surface area (Å²) in [6.07, 6.45) is 2.80. The van der Waals surface area contributed by atoms with Crippen molar-refractivity contribution in [1.82, 2.24) is 9.88 Å². The molecule has 3 heterocycles. The smallest absolute Gasteiger partial charge is 0.260 e. The number of aromatic amines is 1. The van der Waals surface area contributed by atoms with E-state index in [1.807, 2.05) is 29.3 Å². The molecule has 0 unspecified atom stereocenters. The van der Waals surface area contributed by atoms with E-state index in [9.17, 15) is 4.79 Å². The summed E-state index contributed by atoms with van der Waals surface area (Å²) in [5.41, 5.74) is 11.6. The van der Waals surface area contributed by atoms with Gasteiger partial charge < -0.3 is 25.3 Å². The van der Waals surface area contributed by atoms with Crippen LogP contribution < -0.4 is 15.4 Å². The molecule has 33 heavy (non-hydrogen) atoms. The Balaban J connectivity index is 1.14. The number of nitrogens with two attached hydrogens (primary N) is 1. The fourth-order valence-corrected chi connectivity index (χ4v) is 5.02. The van der Waals surface area contributed by atoms with E-state index in [1.165, 1.54) is 22.4 Å². The van der Waals surface area contributed by atoms with Gasteiger partial charge >= 0.3 is 0 Å². The van der Waals surface area contributed by atoms with Crippen molar-refractivity contribution in [2.24, 2.45) is 5.73 Å². The number of hydrogen-bond donors (Lipinski definition) is 2. The van der Waals surface area contributed by atoms with Gasteiger partial charge in [-0.15, -0.1) is 0 Å². The first-order chi connectivity index (χ1) is 16.2. The molecule has 0 saturated carbocycles. The second kappa shape index (κ2) is 9.68. The first-order valence-electron chi connectivity index (χ1n) is 11.3. The first-order valence-corrected chi connectivity index (χ1v) is 12.2. The molecule has 0 radical (unpaired) electrons. The minimum absolute atomic E-state index is 0.0267. The molecule has 1 amide bonds. The predicted octanol–water partition coefficient (Wildman–Crippen LogP) is 4.13. The molecule has 0 spiro atoms. The molecule has 3 N–H and O–H groups in total. The molecule has 0 atom stereocenters. The number of piperazine rings is 1. The number of amides is 1. The standard InChI is InChI=1S/C26H28N4O2S/c27-9-7-20-16-28-25-6-5-23(15-24(20)25)32-17-26(31)30-12-10-29(11-13-30)22-3-1-19(2-4-22)21-8-14-33-18-21/h1-6,8,14-16,18,28H,7,9-13,17,27H2. The lowest BCUT2D eigenvalue weighted by Crippen LogP contribution is -2.50. The Labute approximate surface area is 197 Å². The van der Waals surface area contributed by atoms with Gasteiger partial charge in [0, 0.05) is 49.0 Å². The number of fused-ring (bicyclic) bond motifs is 1. The summed E-state index contributed by atoms with van der Waals surface area (Å²) >= 11 is 1.71. The number of ether oxygens (including phenoxy) is 1. The molecule has 1 aliphatic rings. The Kier molecular flexibility index (Phi) is 6.32. The zero-order chi connectivity index (χ0) is 22.6. The summed E-state index contributed by atoms with van der Waals surface area (Å²) in [6, 6.07) is 16.7. The van der Waals surface area contributed by atoms with Crippen LogP contribution in [0.5, 0.6) is 5.75 Å². The molecule has 0 aliphatic carbocycles. The molecule has 7 heteroatoms. The number of benzene rings is 2. The third-order valence-electron chi connectivity index (χ3n) is 6.23. The summed E-state index contributed by atoms with van der Waals surface area (Å²) in [4.78, 5) is 20.2. The number of H-pyrrole nitrogens is 1. The second-order valence-corrected chi connectivity index (χ2v) is 9.06. The Hall–Kier alpha value is -3.29. The summed E-state index contributed by atoms with van der Waals surface area (Å²) < 4.78 is 5.84. The number of nitrogens with zero attached hydrogens (tertiary/aromatic N) is 2. The summed E-state index contributed by atoms with van der Waals surface area (Å²) in [5.74, 6) is 0.733. The average molecular weight is 461 g/mol. The molecule has 170 valence electrons. The van der Waals surface area contributed by atoms with Gasteiger partial charge in [-0.05, 0) is 76.8 Å². The van der Waals surface area contributed by atoms with E-state index >= 15 is 0 Å². The van der Waals surface area contributed by atoms with Gasteiger partial charge in [0.1, 0.15) is 5.75 Å². The predicted molar refractivity (Wildman–Crippen MR) is 135 cm³/mol. The number of carbonyl (C=O) groups is 1. The minimum atomic E-state index is 0.0267. The van der Waals surface area contributed by atoms with E-state index in [2.05, 4.69) is 51.0 Å². The number of rotatable bonds is 7. The normalized spacial score (nSPS) is 14.1. The number of nitrogens with one attached hydrogen (secondary N) is 1. The highest BCUT2D eigenvalue weighted by Gasteiger charge is 2.22. The summed E-state index contributed by atoms with van der Waals surface area (Å²) in [5, 5.41) is 5.36. The number of hydrogen-bond acceptors (Lipinski definition) is 5. The zero-order valence-corrected chi connectivity index (χ0v) is 19.3. The van der Waals surface area contributed by atoms with Gasteiger partial charge in [0.05, 0.1) is 0 Å². The van der Waals surface area contributed by atoms with Crippen LogP contribution in [-0.2, 0) is 11.2 Å². The zero-order valence-electron chi connectivity index (χ0n) is 18.5. The van der Waals surface area contributed by atoms with Crippen molar-refractivity contribution in [2.75, 3.05) is 44.2 Å². The maximum Gasteiger partial charge on any atom is 0.260 e. The Morgan fingerprint density at radius 2 is 1.85 bits per heavy atom. The largest absolute Gasteiger partial charge is 0.484 e. The summed E-state index contributed by atoms with van der Waals surface area (Å²) in [6.45, 7) is 3.69. The van der Waals surface area contributed by atoms with Crippen LogP contribution in [0.1, 0.15) is 5.56 Å². The number of anilines is 1. The molecule has 5 rings (SSSR count). The van der Waals surface area contributed by atoms with E-state index in [4.69, 9.17) is 10.5 Å². The van der Waals surface area contributed by atoms with Gasteiger partial charge in [0.15, 0.2) is 6.61 Å². The third-order valence-corrected chi connectivity index (χ3v) is 6.92. The van der Waals surface area contributed by atoms with Crippen LogP contribution in [0.2, 0.25) is 0 Å². The fraction of sp³-hybridized carbons (Fsp3) is 0.269. The van der Waals surface area contributed by atoms with Crippen molar-refractivity contribution in [3.8, 4) is 16.9 Å². The monoisotopic (exact) mass is 460 g/mol. The quantitative estimate of drug-likeness (QED) is 0.435. The molecule has 1 fully saturated rings. The van der Waals surface area contributed by atoms with Gasteiger partial charge in [0.2, 0.25) is 0 Å². The molecule has 6 nitrogen and oxygen atoms in total. The lowest BCUT2D eigenvalue weighted by molar-refractivity contribution is -0.133. The molecular formula is C26H28N4O2S. The fourth-order valence-electron chi connectivity index (χ4n) is 4.35. The molecule has 2 aromatic carbocycles. The van der Waals surface area contributed by atoms with Crippen molar-refractivity contribution in [1.29, 1.82) is 0 Å². The van der Waals surface area contributed by atoms with Gasteiger partial charge in [-0.1, -0.05) is 12.1 Å². The van der Waals surface area contributed by atoms with E-state index in [0.717, 1.165) is 30.4 Å².